The highest BCUT2D eigenvalue weighted by Crippen LogP contribution is 2.44. The van der Waals surface area contributed by atoms with E-state index in [9.17, 15) is 9.50 Å². The fourth-order valence-corrected chi connectivity index (χ4v) is 3.20. The molecule has 0 atom stereocenters. The molecule has 1 aromatic rings. The molecule has 0 aromatic heterocycles. The Hall–Kier alpha value is -0.0600. The van der Waals surface area contributed by atoms with E-state index in [0.29, 0.717) is 23.3 Å². The number of halogens is 2. The second kappa shape index (κ2) is 4.07. The molecule has 1 aromatic carbocycles. The minimum atomic E-state index is -0.921. The van der Waals surface area contributed by atoms with Gasteiger partial charge in [0.2, 0.25) is 0 Å². The van der Waals surface area contributed by atoms with Crippen LogP contribution >= 0.6 is 27.7 Å². The van der Waals surface area contributed by atoms with Crippen molar-refractivity contribution in [2.75, 3.05) is 6.26 Å². The summed E-state index contributed by atoms with van der Waals surface area (Å²) in [7, 11) is 0. The highest BCUT2D eigenvalue weighted by molar-refractivity contribution is 9.10. The van der Waals surface area contributed by atoms with Crippen molar-refractivity contribution in [1.82, 2.24) is 0 Å². The van der Waals surface area contributed by atoms with Gasteiger partial charge in [0, 0.05) is 10.0 Å². The highest BCUT2D eigenvalue weighted by atomic mass is 79.9. The molecule has 0 spiro atoms. The van der Waals surface area contributed by atoms with Gasteiger partial charge in [0.25, 0.3) is 0 Å². The van der Waals surface area contributed by atoms with E-state index in [2.05, 4.69) is 15.9 Å². The molecule has 1 fully saturated rings. The van der Waals surface area contributed by atoms with E-state index < -0.39 is 5.60 Å². The van der Waals surface area contributed by atoms with Gasteiger partial charge in [-0.05, 0) is 47.5 Å². The molecule has 1 aliphatic rings. The van der Waals surface area contributed by atoms with Crippen LogP contribution in [0.2, 0.25) is 0 Å². The normalized spacial score (nSPS) is 18.7. The Morgan fingerprint density at radius 2 is 2.13 bits per heavy atom. The smallest absolute Gasteiger partial charge is 0.143 e. The molecule has 0 bridgehead atoms. The van der Waals surface area contributed by atoms with Crippen LogP contribution in [-0.4, -0.2) is 11.4 Å². The number of hydrogen-bond donors (Lipinski definition) is 1. The van der Waals surface area contributed by atoms with Crippen LogP contribution < -0.4 is 0 Å². The monoisotopic (exact) mass is 290 g/mol. The standard InChI is InChI=1S/C11H12BrFOS/c1-15-10-8(12)4-3-7(9(10)13)11(14)5-2-6-11/h3-4,14H,2,5-6H2,1H3. The van der Waals surface area contributed by atoms with Gasteiger partial charge in [0.15, 0.2) is 0 Å². The maximum absolute atomic E-state index is 14.0. The molecule has 1 nitrogen and oxygen atoms in total. The zero-order valence-electron chi connectivity index (χ0n) is 8.39. The zero-order valence-corrected chi connectivity index (χ0v) is 10.8. The van der Waals surface area contributed by atoms with Gasteiger partial charge in [-0.2, -0.15) is 0 Å². The van der Waals surface area contributed by atoms with Gasteiger partial charge in [-0.25, -0.2) is 4.39 Å². The SMILES string of the molecule is CSc1c(Br)ccc(C2(O)CCC2)c1F. The molecule has 0 aliphatic heterocycles. The van der Waals surface area contributed by atoms with Gasteiger partial charge in [-0.1, -0.05) is 6.07 Å². The first-order chi connectivity index (χ1) is 7.08. The van der Waals surface area contributed by atoms with E-state index in [0.717, 1.165) is 10.9 Å². The summed E-state index contributed by atoms with van der Waals surface area (Å²) in [5.41, 5.74) is -0.476. The summed E-state index contributed by atoms with van der Waals surface area (Å²) in [5.74, 6) is -0.279. The number of aliphatic hydroxyl groups is 1. The lowest BCUT2D eigenvalue weighted by atomic mass is 9.75. The molecule has 0 saturated heterocycles. The van der Waals surface area contributed by atoms with Crippen molar-refractivity contribution in [1.29, 1.82) is 0 Å². The summed E-state index contributed by atoms with van der Waals surface area (Å²) in [6.07, 6.45) is 4.14. The number of hydrogen-bond acceptors (Lipinski definition) is 2. The van der Waals surface area contributed by atoms with Gasteiger partial charge in [0.1, 0.15) is 5.82 Å². The summed E-state index contributed by atoms with van der Waals surface area (Å²) in [6.45, 7) is 0. The van der Waals surface area contributed by atoms with Crippen molar-refractivity contribution < 1.29 is 9.50 Å². The molecule has 0 radical (unpaired) electrons. The molecule has 2 rings (SSSR count). The molecule has 82 valence electrons. The van der Waals surface area contributed by atoms with E-state index in [1.807, 2.05) is 6.26 Å². The Kier molecular flexibility index (Phi) is 3.10. The third-order valence-corrected chi connectivity index (χ3v) is 4.67. The number of thioether (sulfide) groups is 1. The zero-order chi connectivity index (χ0) is 11.1. The van der Waals surface area contributed by atoms with E-state index in [4.69, 9.17) is 0 Å². The van der Waals surface area contributed by atoms with Crippen LogP contribution in [0, 0.1) is 5.82 Å². The van der Waals surface area contributed by atoms with Crippen LogP contribution in [0.15, 0.2) is 21.5 Å². The van der Waals surface area contributed by atoms with Gasteiger partial charge >= 0.3 is 0 Å². The third kappa shape index (κ3) is 1.83. The average Bonchev–Trinajstić information content (AvgIpc) is 2.15. The number of benzene rings is 1. The van der Waals surface area contributed by atoms with Crippen molar-refractivity contribution in [3.05, 3.63) is 28.0 Å². The lowest BCUT2D eigenvalue weighted by Crippen LogP contribution is -2.34. The average molecular weight is 291 g/mol. The molecular weight excluding hydrogens is 279 g/mol. The predicted molar refractivity (Wildman–Crippen MR) is 63.6 cm³/mol. The molecule has 0 amide bonds. The van der Waals surface area contributed by atoms with Crippen molar-refractivity contribution in [2.45, 2.75) is 29.8 Å². The fraction of sp³-hybridized carbons (Fsp3) is 0.455. The summed E-state index contributed by atoms with van der Waals surface area (Å²) in [5, 5.41) is 10.1. The molecule has 0 heterocycles. The van der Waals surface area contributed by atoms with Gasteiger partial charge in [-0.3, -0.25) is 0 Å². The first-order valence-corrected chi connectivity index (χ1v) is 6.85. The third-order valence-electron chi connectivity index (χ3n) is 2.94. The maximum atomic E-state index is 14.0. The molecule has 0 unspecified atom stereocenters. The van der Waals surface area contributed by atoms with Crippen molar-refractivity contribution in [3.8, 4) is 0 Å². The quantitative estimate of drug-likeness (QED) is 0.839. The minimum Gasteiger partial charge on any atom is -0.385 e. The van der Waals surface area contributed by atoms with Crippen LogP contribution in [-0.2, 0) is 5.60 Å². The Labute approximate surface area is 101 Å². The molecule has 1 N–H and O–H groups in total. The Morgan fingerprint density at radius 1 is 1.47 bits per heavy atom. The number of rotatable bonds is 2. The van der Waals surface area contributed by atoms with Crippen LogP contribution in [0.4, 0.5) is 4.39 Å². The second-order valence-corrected chi connectivity index (χ2v) is 5.50. The summed E-state index contributed by atoms with van der Waals surface area (Å²) in [4.78, 5) is 0.577. The molecule has 15 heavy (non-hydrogen) atoms. The van der Waals surface area contributed by atoms with Crippen LogP contribution in [0.25, 0.3) is 0 Å². The summed E-state index contributed by atoms with van der Waals surface area (Å²) in [6, 6.07) is 3.48. The van der Waals surface area contributed by atoms with E-state index in [1.54, 1.807) is 12.1 Å². The fourth-order valence-electron chi connectivity index (χ4n) is 1.86. The van der Waals surface area contributed by atoms with E-state index >= 15 is 0 Å². The lowest BCUT2D eigenvalue weighted by Gasteiger charge is -2.37. The first kappa shape index (κ1) is 11.4. The van der Waals surface area contributed by atoms with Crippen LogP contribution in [0.3, 0.4) is 0 Å². The van der Waals surface area contributed by atoms with E-state index in [1.165, 1.54) is 11.8 Å². The topological polar surface area (TPSA) is 20.2 Å². The van der Waals surface area contributed by atoms with Crippen LogP contribution in [0.1, 0.15) is 24.8 Å². The minimum absolute atomic E-state index is 0.279. The van der Waals surface area contributed by atoms with Crippen molar-refractivity contribution >= 4 is 27.7 Å². The molecule has 1 aliphatic carbocycles. The van der Waals surface area contributed by atoms with Gasteiger partial charge in [0.05, 0.1) is 10.5 Å². The van der Waals surface area contributed by atoms with Gasteiger partial charge < -0.3 is 5.11 Å². The van der Waals surface area contributed by atoms with Crippen molar-refractivity contribution in [3.63, 3.8) is 0 Å². The Bertz CT molecular complexity index is 390. The van der Waals surface area contributed by atoms with Crippen molar-refractivity contribution in [2.24, 2.45) is 0 Å². The predicted octanol–water partition coefficient (Wildman–Crippen LogP) is 3.68. The van der Waals surface area contributed by atoms with E-state index in [-0.39, 0.29) is 5.82 Å². The molecule has 1 saturated carbocycles. The Balaban J connectivity index is 2.49. The molecule has 4 heteroatoms. The van der Waals surface area contributed by atoms with Crippen LogP contribution in [0.5, 0.6) is 0 Å². The second-order valence-electron chi connectivity index (χ2n) is 3.83. The lowest BCUT2D eigenvalue weighted by molar-refractivity contribution is -0.0420. The van der Waals surface area contributed by atoms with Gasteiger partial charge in [-0.15, -0.1) is 11.8 Å². The highest BCUT2D eigenvalue weighted by Gasteiger charge is 2.39. The maximum Gasteiger partial charge on any atom is 0.143 e. The summed E-state index contributed by atoms with van der Waals surface area (Å²) < 4.78 is 14.8. The summed E-state index contributed by atoms with van der Waals surface area (Å²) >= 11 is 4.66. The Morgan fingerprint density at radius 3 is 2.60 bits per heavy atom. The largest absolute Gasteiger partial charge is 0.385 e. The molecular formula is C11H12BrFOS. The first-order valence-electron chi connectivity index (χ1n) is 4.83.